The predicted octanol–water partition coefficient (Wildman–Crippen LogP) is 6.47. The highest BCUT2D eigenvalue weighted by Gasteiger charge is 2.18. The van der Waals surface area contributed by atoms with Crippen molar-refractivity contribution < 1.29 is 14.3 Å². The highest BCUT2D eigenvalue weighted by atomic mass is 16.5. The molecule has 0 aromatic heterocycles. The van der Waals surface area contributed by atoms with Crippen LogP contribution in [-0.2, 0) is 18.0 Å². The quantitative estimate of drug-likeness (QED) is 0.406. The molecule has 3 aromatic rings. The van der Waals surface area contributed by atoms with Crippen molar-refractivity contribution in [3.8, 4) is 11.5 Å². The zero-order valence-corrected chi connectivity index (χ0v) is 17.8. The molecule has 154 valence electrons. The van der Waals surface area contributed by atoms with Crippen LogP contribution in [0.3, 0.4) is 0 Å². The Morgan fingerprint density at radius 3 is 1.83 bits per heavy atom. The largest absolute Gasteiger partial charge is 0.485 e. The molecule has 0 radical (unpaired) electrons. The molecule has 0 N–H and O–H groups in total. The van der Waals surface area contributed by atoms with E-state index in [1.807, 2.05) is 106 Å². The SMILES string of the molecule is CC(C)(C)C(=O)/C=C/c1ccc(OCc2ccccc2)c(OCc2ccccc2)c1. The van der Waals surface area contributed by atoms with Gasteiger partial charge in [0.15, 0.2) is 17.3 Å². The molecule has 0 aliphatic heterocycles. The van der Waals surface area contributed by atoms with Gasteiger partial charge in [-0.05, 0) is 34.9 Å². The number of hydrogen-bond donors (Lipinski definition) is 0. The number of ether oxygens (including phenoxy) is 2. The molecule has 0 aliphatic rings. The second-order valence-corrected chi connectivity index (χ2v) is 8.20. The topological polar surface area (TPSA) is 35.5 Å². The molecule has 0 saturated carbocycles. The number of allylic oxidation sites excluding steroid dienone is 1. The van der Waals surface area contributed by atoms with Gasteiger partial charge in [-0.15, -0.1) is 0 Å². The first-order chi connectivity index (χ1) is 14.4. The van der Waals surface area contributed by atoms with E-state index in [0.717, 1.165) is 16.7 Å². The summed E-state index contributed by atoms with van der Waals surface area (Å²) < 4.78 is 12.1. The Morgan fingerprint density at radius 1 is 0.767 bits per heavy atom. The van der Waals surface area contributed by atoms with Gasteiger partial charge in [-0.3, -0.25) is 4.79 Å². The van der Waals surface area contributed by atoms with Gasteiger partial charge in [-0.2, -0.15) is 0 Å². The van der Waals surface area contributed by atoms with E-state index < -0.39 is 5.41 Å². The maximum atomic E-state index is 12.2. The maximum Gasteiger partial charge on any atom is 0.162 e. The molecule has 30 heavy (non-hydrogen) atoms. The average molecular weight is 401 g/mol. The number of benzene rings is 3. The van der Waals surface area contributed by atoms with Gasteiger partial charge in [-0.1, -0.05) is 93.6 Å². The lowest BCUT2D eigenvalue weighted by Gasteiger charge is -2.15. The zero-order chi connectivity index (χ0) is 21.4. The van der Waals surface area contributed by atoms with Crippen molar-refractivity contribution >= 4 is 11.9 Å². The van der Waals surface area contributed by atoms with Gasteiger partial charge in [0, 0.05) is 5.41 Å². The minimum absolute atomic E-state index is 0.0821. The van der Waals surface area contributed by atoms with Gasteiger partial charge in [0.2, 0.25) is 0 Å². The first-order valence-electron chi connectivity index (χ1n) is 10.1. The Balaban J connectivity index is 1.79. The van der Waals surface area contributed by atoms with Crippen LogP contribution >= 0.6 is 0 Å². The minimum Gasteiger partial charge on any atom is -0.485 e. The highest BCUT2D eigenvalue weighted by Crippen LogP contribution is 2.31. The third kappa shape index (κ3) is 6.35. The monoisotopic (exact) mass is 400 g/mol. The first-order valence-corrected chi connectivity index (χ1v) is 10.1. The number of hydrogen-bond acceptors (Lipinski definition) is 3. The summed E-state index contributed by atoms with van der Waals surface area (Å²) in [6.45, 7) is 6.63. The Hall–Kier alpha value is -3.33. The lowest BCUT2D eigenvalue weighted by molar-refractivity contribution is -0.121. The molecule has 0 bridgehead atoms. The molecule has 0 heterocycles. The van der Waals surface area contributed by atoms with Crippen LogP contribution in [-0.4, -0.2) is 5.78 Å². The minimum atomic E-state index is -0.401. The Bertz CT molecular complexity index is 984. The number of carbonyl (C=O) groups excluding carboxylic acids is 1. The Labute approximate surface area is 179 Å². The molecule has 3 aromatic carbocycles. The van der Waals surface area contributed by atoms with E-state index in [1.54, 1.807) is 6.08 Å². The van der Waals surface area contributed by atoms with Crippen molar-refractivity contribution in [1.82, 2.24) is 0 Å². The van der Waals surface area contributed by atoms with Gasteiger partial charge in [0.25, 0.3) is 0 Å². The lowest BCUT2D eigenvalue weighted by Crippen LogP contribution is -2.17. The summed E-state index contributed by atoms with van der Waals surface area (Å²) in [5.74, 6) is 1.41. The average Bonchev–Trinajstić information content (AvgIpc) is 2.76. The van der Waals surface area contributed by atoms with E-state index in [1.165, 1.54) is 0 Å². The van der Waals surface area contributed by atoms with Crippen LogP contribution in [0.4, 0.5) is 0 Å². The van der Waals surface area contributed by atoms with Crippen LogP contribution in [0.2, 0.25) is 0 Å². The number of carbonyl (C=O) groups is 1. The van der Waals surface area contributed by atoms with Gasteiger partial charge >= 0.3 is 0 Å². The molecule has 3 heteroatoms. The van der Waals surface area contributed by atoms with E-state index in [4.69, 9.17) is 9.47 Å². The number of rotatable bonds is 8. The molecule has 0 unspecified atom stereocenters. The van der Waals surface area contributed by atoms with Crippen LogP contribution < -0.4 is 9.47 Å². The number of ketones is 1. The summed E-state index contributed by atoms with van der Waals surface area (Å²) in [5.41, 5.74) is 2.66. The first kappa shape index (κ1) is 21.4. The second kappa shape index (κ2) is 9.93. The smallest absolute Gasteiger partial charge is 0.162 e. The van der Waals surface area contributed by atoms with Crippen molar-refractivity contribution in [1.29, 1.82) is 0 Å². The van der Waals surface area contributed by atoms with Crippen LogP contribution in [0.1, 0.15) is 37.5 Å². The molecular weight excluding hydrogens is 372 g/mol. The lowest BCUT2D eigenvalue weighted by atomic mass is 9.90. The molecule has 0 atom stereocenters. The van der Waals surface area contributed by atoms with Gasteiger partial charge < -0.3 is 9.47 Å². The maximum absolute atomic E-state index is 12.2. The summed E-state index contributed by atoms with van der Waals surface area (Å²) in [6.07, 6.45) is 3.45. The zero-order valence-electron chi connectivity index (χ0n) is 17.8. The Kier molecular flexibility index (Phi) is 7.08. The molecule has 0 aliphatic carbocycles. The summed E-state index contributed by atoms with van der Waals surface area (Å²) in [4.78, 5) is 12.2. The van der Waals surface area contributed by atoms with E-state index >= 15 is 0 Å². The van der Waals surface area contributed by atoms with Crippen molar-refractivity contribution in [3.63, 3.8) is 0 Å². The predicted molar refractivity (Wildman–Crippen MR) is 121 cm³/mol. The van der Waals surface area contributed by atoms with Crippen LogP contribution in [0.25, 0.3) is 6.08 Å². The van der Waals surface area contributed by atoms with Gasteiger partial charge in [-0.25, -0.2) is 0 Å². The van der Waals surface area contributed by atoms with Crippen LogP contribution in [0.5, 0.6) is 11.5 Å². The van der Waals surface area contributed by atoms with Gasteiger partial charge in [0.1, 0.15) is 13.2 Å². The summed E-state index contributed by atoms with van der Waals surface area (Å²) >= 11 is 0. The summed E-state index contributed by atoms with van der Waals surface area (Å²) in [6, 6.07) is 25.8. The third-order valence-electron chi connectivity index (χ3n) is 4.61. The van der Waals surface area contributed by atoms with Crippen molar-refractivity contribution in [2.45, 2.75) is 34.0 Å². The van der Waals surface area contributed by atoms with Crippen LogP contribution in [0, 0.1) is 5.41 Å². The van der Waals surface area contributed by atoms with E-state index in [0.29, 0.717) is 24.7 Å². The van der Waals surface area contributed by atoms with E-state index in [2.05, 4.69) is 0 Å². The van der Waals surface area contributed by atoms with Crippen molar-refractivity contribution in [3.05, 3.63) is 102 Å². The molecule has 3 nitrogen and oxygen atoms in total. The Morgan fingerprint density at radius 2 is 1.30 bits per heavy atom. The summed E-state index contributed by atoms with van der Waals surface area (Å²) in [5, 5.41) is 0. The van der Waals surface area contributed by atoms with E-state index in [-0.39, 0.29) is 5.78 Å². The van der Waals surface area contributed by atoms with E-state index in [9.17, 15) is 4.79 Å². The molecule has 0 spiro atoms. The van der Waals surface area contributed by atoms with Crippen molar-refractivity contribution in [2.75, 3.05) is 0 Å². The molecule has 0 saturated heterocycles. The standard InChI is InChI=1S/C27H28O3/c1-27(2,3)26(28)17-15-21-14-16-24(29-19-22-10-6-4-7-11-22)25(18-21)30-20-23-12-8-5-9-13-23/h4-18H,19-20H2,1-3H3/b17-15+. The highest BCUT2D eigenvalue weighted by molar-refractivity contribution is 5.97. The normalized spacial score (nSPS) is 11.4. The van der Waals surface area contributed by atoms with Crippen molar-refractivity contribution in [2.24, 2.45) is 5.41 Å². The molecule has 3 rings (SSSR count). The molecule has 0 amide bonds. The fourth-order valence-electron chi connectivity index (χ4n) is 2.75. The summed E-state index contributed by atoms with van der Waals surface area (Å²) in [7, 11) is 0. The molecular formula is C27H28O3. The van der Waals surface area contributed by atoms with Crippen LogP contribution in [0.15, 0.2) is 84.9 Å². The fraction of sp³-hybridized carbons (Fsp3) is 0.222. The fourth-order valence-corrected chi connectivity index (χ4v) is 2.75. The second-order valence-electron chi connectivity index (χ2n) is 8.20. The molecule has 0 fully saturated rings. The van der Waals surface area contributed by atoms with Gasteiger partial charge in [0.05, 0.1) is 0 Å². The third-order valence-corrected chi connectivity index (χ3v) is 4.61.